The Bertz CT molecular complexity index is 468. The van der Waals surface area contributed by atoms with E-state index in [1.54, 1.807) is 11.1 Å². The molecule has 2 unspecified atom stereocenters. The highest BCUT2D eigenvalue weighted by Crippen LogP contribution is 2.27. The first-order chi connectivity index (χ1) is 10.3. The van der Waals surface area contributed by atoms with E-state index >= 15 is 0 Å². The van der Waals surface area contributed by atoms with Gasteiger partial charge in [-0.3, -0.25) is 4.90 Å². The van der Waals surface area contributed by atoms with Crippen LogP contribution in [0.3, 0.4) is 0 Å². The molecule has 2 nitrogen and oxygen atoms in total. The summed E-state index contributed by atoms with van der Waals surface area (Å²) < 4.78 is 1.22. The summed E-state index contributed by atoms with van der Waals surface area (Å²) in [6.07, 6.45) is 7.75. The molecule has 1 aromatic carbocycles. The topological polar surface area (TPSA) is 15.3 Å². The minimum atomic E-state index is 0.725. The van der Waals surface area contributed by atoms with E-state index in [9.17, 15) is 0 Å². The van der Waals surface area contributed by atoms with E-state index in [2.05, 4.69) is 51.3 Å². The maximum absolute atomic E-state index is 3.66. The van der Waals surface area contributed by atoms with Gasteiger partial charge < -0.3 is 5.32 Å². The summed E-state index contributed by atoms with van der Waals surface area (Å²) in [4.78, 5) is 2.76. The van der Waals surface area contributed by atoms with E-state index in [1.807, 2.05) is 0 Å². The minimum absolute atomic E-state index is 0.725. The summed E-state index contributed by atoms with van der Waals surface area (Å²) in [6, 6.07) is 8.30. The van der Waals surface area contributed by atoms with Crippen molar-refractivity contribution in [2.24, 2.45) is 0 Å². The number of nitrogens with zero attached hydrogens (tertiary/aromatic N) is 1. The Hall–Kier alpha value is -0.380. The number of nitrogens with one attached hydrogen (secondary N) is 1. The minimum Gasteiger partial charge on any atom is -0.313 e. The second kappa shape index (κ2) is 7.26. The van der Waals surface area contributed by atoms with Crippen LogP contribution in [-0.4, -0.2) is 36.6 Å². The fourth-order valence-corrected chi connectivity index (χ4v) is 4.33. The molecule has 1 heterocycles. The van der Waals surface area contributed by atoms with Crippen LogP contribution in [0.1, 0.15) is 43.7 Å². The Balaban J connectivity index is 1.67. The highest BCUT2D eigenvalue weighted by Gasteiger charge is 2.26. The first-order valence-electron chi connectivity index (χ1n) is 8.51. The fourth-order valence-electron chi connectivity index (χ4n) is 3.92. The van der Waals surface area contributed by atoms with Gasteiger partial charge in [0.25, 0.3) is 0 Å². The molecular weight excluding hydrogens is 324 g/mol. The molecule has 3 rings (SSSR count). The third-order valence-corrected chi connectivity index (χ3v) is 5.51. The lowest BCUT2D eigenvalue weighted by Gasteiger charge is -2.36. The van der Waals surface area contributed by atoms with E-state index in [1.165, 1.54) is 62.6 Å². The molecule has 0 bridgehead atoms. The van der Waals surface area contributed by atoms with Gasteiger partial charge in [-0.05, 0) is 74.9 Å². The molecule has 2 aliphatic rings. The van der Waals surface area contributed by atoms with Crippen molar-refractivity contribution >= 4 is 15.9 Å². The van der Waals surface area contributed by atoms with Crippen molar-refractivity contribution in [1.82, 2.24) is 10.2 Å². The number of hydrogen-bond acceptors (Lipinski definition) is 2. The van der Waals surface area contributed by atoms with Crippen LogP contribution < -0.4 is 5.32 Å². The van der Waals surface area contributed by atoms with Gasteiger partial charge >= 0.3 is 0 Å². The number of hydrogen-bond donors (Lipinski definition) is 1. The fraction of sp³-hybridized carbons (Fsp3) is 0.667. The summed E-state index contributed by atoms with van der Waals surface area (Å²) in [6.45, 7) is 6.01. The molecule has 116 valence electrons. The molecule has 0 saturated carbocycles. The second-order valence-corrected chi connectivity index (χ2v) is 7.51. The van der Waals surface area contributed by atoms with Gasteiger partial charge in [0.15, 0.2) is 0 Å². The van der Waals surface area contributed by atoms with Crippen LogP contribution in [0.4, 0.5) is 0 Å². The van der Waals surface area contributed by atoms with E-state index < -0.39 is 0 Å². The molecular formula is C18H27BrN2. The van der Waals surface area contributed by atoms with E-state index in [-0.39, 0.29) is 0 Å². The van der Waals surface area contributed by atoms with E-state index in [0.29, 0.717) is 0 Å². The maximum atomic E-state index is 3.66. The summed E-state index contributed by atoms with van der Waals surface area (Å²) in [7, 11) is 0. The van der Waals surface area contributed by atoms with Gasteiger partial charge in [0.05, 0.1) is 0 Å². The predicted octanol–water partition coefficient (Wildman–Crippen LogP) is 3.77. The zero-order chi connectivity index (χ0) is 14.7. The van der Waals surface area contributed by atoms with E-state index in [4.69, 9.17) is 0 Å². The summed E-state index contributed by atoms with van der Waals surface area (Å²) in [5.41, 5.74) is 3.12. The molecule has 0 amide bonds. The van der Waals surface area contributed by atoms with Crippen LogP contribution in [0, 0.1) is 0 Å². The number of aryl methyl sites for hydroxylation is 1. The number of halogens is 1. The Morgan fingerprint density at radius 3 is 2.95 bits per heavy atom. The van der Waals surface area contributed by atoms with Crippen LogP contribution in [0.2, 0.25) is 0 Å². The van der Waals surface area contributed by atoms with Crippen LogP contribution >= 0.6 is 15.9 Å². The molecule has 1 N–H and O–H groups in total. The summed E-state index contributed by atoms with van der Waals surface area (Å²) in [5, 5.41) is 3.66. The molecule has 1 aliphatic heterocycles. The van der Waals surface area contributed by atoms with Gasteiger partial charge in [0.2, 0.25) is 0 Å². The monoisotopic (exact) mass is 350 g/mol. The summed E-state index contributed by atoms with van der Waals surface area (Å²) in [5.74, 6) is 0. The van der Waals surface area contributed by atoms with Crippen LogP contribution in [0.5, 0.6) is 0 Å². The van der Waals surface area contributed by atoms with Crippen molar-refractivity contribution in [1.29, 1.82) is 0 Å². The van der Waals surface area contributed by atoms with Gasteiger partial charge in [-0.25, -0.2) is 0 Å². The molecule has 0 radical (unpaired) electrons. The molecule has 2 atom stereocenters. The van der Waals surface area contributed by atoms with Crippen LogP contribution in [0.15, 0.2) is 22.7 Å². The van der Waals surface area contributed by atoms with Crippen LogP contribution in [-0.2, 0) is 12.8 Å². The average molecular weight is 351 g/mol. The second-order valence-electron chi connectivity index (χ2n) is 6.60. The quantitative estimate of drug-likeness (QED) is 0.869. The largest absolute Gasteiger partial charge is 0.313 e. The van der Waals surface area contributed by atoms with Gasteiger partial charge in [0, 0.05) is 23.1 Å². The Morgan fingerprint density at radius 2 is 2.19 bits per heavy atom. The average Bonchev–Trinajstić information content (AvgIpc) is 2.99. The molecule has 21 heavy (non-hydrogen) atoms. The van der Waals surface area contributed by atoms with Crippen molar-refractivity contribution in [3.63, 3.8) is 0 Å². The summed E-state index contributed by atoms with van der Waals surface area (Å²) >= 11 is 3.60. The highest BCUT2D eigenvalue weighted by molar-refractivity contribution is 9.10. The number of benzene rings is 1. The first kappa shape index (κ1) is 15.5. The lowest BCUT2D eigenvalue weighted by molar-refractivity contribution is 0.165. The van der Waals surface area contributed by atoms with Crippen molar-refractivity contribution in [2.45, 2.75) is 57.5 Å². The molecule has 1 fully saturated rings. The highest BCUT2D eigenvalue weighted by atomic mass is 79.9. The zero-order valence-corrected chi connectivity index (χ0v) is 14.7. The third kappa shape index (κ3) is 3.88. The van der Waals surface area contributed by atoms with Crippen molar-refractivity contribution in [3.05, 3.63) is 33.8 Å². The SMILES string of the molecule is CCCN(CC1CCCN1)C1CCc2cc(Br)ccc2C1. The molecule has 0 spiro atoms. The Morgan fingerprint density at radius 1 is 1.29 bits per heavy atom. The van der Waals surface area contributed by atoms with Gasteiger partial charge in [-0.1, -0.05) is 28.9 Å². The lowest BCUT2D eigenvalue weighted by Crippen LogP contribution is -2.46. The lowest BCUT2D eigenvalue weighted by atomic mass is 9.87. The number of rotatable bonds is 5. The van der Waals surface area contributed by atoms with Gasteiger partial charge in [-0.2, -0.15) is 0 Å². The zero-order valence-electron chi connectivity index (χ0n) is 13.1. The smallest absolute Gasteiger partial charge is 0.0195 e. The maximum Gasteiger partial charge on any atom is 0.0195 e. The third-order valence-electron chi connectivity index (χ3n) is 5.02. The molecule has 1 aliphatic carbocycles. The first-order valence-corrected chi connectivity index (χ1v) is 9.30. The Labute approximate surface area is 137 Å². The normalized spacial score (nSPS) is 25.3. The van der Waals surface area contributed by atoms with Crippen molar-refractivity contribution < 1.29 is 0 Å². The number of fused-ring (bicyclic) bond motifs is 1. The van der Waals surface area contributed by atoms with E-state index in [0.717, 1.165) is 12.1 Å². The van der Waals surface area contributed by atoms with Gasteiger partial charge in [0.1, 0.15) is 0 Å². The standard InChI is InChI=1S/C18H27BrN2/c1-2-10-21(13-17-4-3-9-20-17)18-8-6-14-11-16(19)7-5-15(14)12-18/h5,7,11,17-18,20H,2-4,6,8-10,12-13H2,1H3. The van der Waals surface area contributed by atoms with Gasteiger partial charge in [-0.15, -0.1) is 0 Å². The predicted molar refractivity (Wildman–Crippen MR) is 92.8 cm³/mol. The van der Waals surface area contributed by atoms with Crippen molar-refractivity contribution in [2.75, 3.05) is 19.6 Å². The van der Waals surface area contributed by atoms with Crippen molar-refractivity contribution in [3.8, 4) is 0 Å². The molecule has 3 heteroatoms. The molecule has 1 aromatic rings. The van der Waals surface area contributed by atoms with Crippen LogP contribution in [0.25, 0.3) is 0 Å². The molecule has 1 saturated heterocycles. The Kier molecular flexibility index (Phi) is 5.36. The molecule has 0 aromatic heterocycles.